The van der Waals surface area contributed by atoms with Gasteiger partial charge in [-0.3, -0.25) is 9.69 Å². The number of thiophene rings is 1. The normalized spacial score (nSPS) is 21.6. The topological polar surface area (TPSA) is 40.5 Å². The molecule has 1 aliphatic rings. The quantitative estimate of drug-likeness (QED) is 0.917. The summed E-state index contributed by atoms with van der Waals surface area (Å²) in [4.78, 5) is 14.3. The molecule has 2 heterocycles. The van der Waals surface area contributed by atoms with Gasteiger partial charge in [-0.2, -0.15) is 0 Å². The minimum absolute atomic E-state index is 0.220. The van der Waals surface area contributed by atoms with Crippen LogP contribution in [0.3, 0.4) is 0 Å². The number of carbonyl (C=O) groups is 1. The summed E-state index contributed by atoms with van der Waals surface area (Å²) in [6.07, 6.45) is 1.75. The van der Waals surface area contributed by atoms with E-state index in [1.165, 1.54) is 4.88 Å². The molecule has 0 spiro atoms. The summed E-state index contributed by atoms with van der Waals surface area (Å²) < 4.78 is 1.68. The second-order valence-corrected chi connectivity index (χ2v) is 6.84. The Balaban J connectivity index is 1.96. The maximum atomic E-state index is 11.0. The zero-order chi connectivity index (χ0) is 12.4. The minimum atomic E-state index is -0.680. The fraction of sp³-hybridized carbons (Fsp3) is 0.545. The van der Waals surface area contributed by atoms with Gasteiger partial charge >= 0.3 is 5.97 Å². The summed E-state index contributed by atoms with van der Waals surface area (Å²) in [6.45, 7) is 2.40. The third-order valence-electron chi connectivity index (χ3n) is 2.93. The summed E-state index contributed by atoms with van der Waals surface area (Å²) in [6, 6.07) is 2.01. The van der Waals surface area contributed by atoms with Gasteiger partial charge in [0.25, 0.3) is 0 Å². The number of piperidine rings is 1. The van der Waals surface area contributed by atoms with Crippen LogP contribution in [-0.2, 0) is 11.3 Å². The van der Waals surface area contributed by atoms with Gasteiger partial charge in [0.1, 0.15) is 4.34 Å². The Kier molecular flexibility index (Phi) is 4.47. The van der Waals surface area contributed by atoms with E-state index in [1.807, 2.05) is 6.07 Å². The molecule has 1 N–H and O–H groups in total. The van der Waals surface area contributed by atoms with Crippen molar-refractivity contribution in [2.45, 2.75) is 19.4 Å². The fourth-order valence-electron chi connectivity index (χ4n) is 2.09. The monoisotopic (exact) mass is 337 g/mol. The Hall–Kier alpha value is -0.100. The van der Waals surface area contributed by atoms with E-state index >= 15 is 0 Å². The Morgan fingerprint density at radius 3 is 3.06 bits per heavy atom. The highest BCUT2D eigenvalue weighted by atomic mass is 79.9. The number of halogens is 2. The van der Waals surface area contributed by atoms with Crippen LogP contribution in [0.15, 0.2) is 10.5 Å². The molecule has 1 fully saturated rings. The van der Waals surface area contributed by atoms with Gasteiger partial charge in [-0.25, -0.2) is 0 Å². The summed E-state index contributed by atoms with van der Waals surface area (Å²) in [7, 11) is 0. The van der Waals surface area contributed by atoms with Crippen molar-refractivity contribution in [3.8, 4) is 0 Å². The van der Waals surface area contributed by atoms with Crippen LogP contribution in [0.4, 0.5) is 0 Å². The molecule has 1 aromatic rings. The molecule has 1 atom stereocenters. The van der Waals surface area contributed by atoms with Crippen LogP contribution >= 0.6 is 38.9 Å². The van der Waals surface area contributed by atoms with Crippen molar-refractivity contribution in [2.75, 3.05) is 13.1 Å². The summed E-state index contributed by atoms with van der Waals surface area (Å²) in [5.41, 5.74) is 0. The zero-order valence-corrected chi connectivity index (χ0v) is 12.3. The van der Waals surface area contributed by atoms with Crippen LogP contribution < -0.4 is 0 Å². The number of likely N-dealkylation sites (tertiary alicyclic amines) is 1. The fourth-order valence-corrected chi connectivity index (χ4v) is 3.92. The van der Waals surface area contributed by atoms with E-state index in [4.69, 9.17) is 16.7 Å². The molecule has 17 heavy (non-hydrogen) atoms. The number of hydrogen-bond donors (Lipinski definition) is 1. The first-order valence-corrected chi connectivity index (χ1v) is 7.44. The molecule has 0 saturated carbocycles. The lowest BCUT2D eigenvalue weighted by Gasteiger charge is -2.30. The molecule has 1 saturated heterocycles. The number of rotatable bonds is 3. The number of aliphatic carboxylic acids is 1. The van der Waals surface area contributed by atoms with Crippen LogP contribution in [0.1, 0.15) is 17.7 Å². The first-order valence-electron chi connectivity index (χ1n) is 5.45. The molecule has 3 nitrogen and oxygen atoms in total. The highest BCUT2D eigenvalue weighted by Gasteiger charge is 2.25. The molecule has 6 heteroatoms. The molecular weight excluding hydrogens is 326 g/mol. The molecule has 1 aromatic heterocycles. The minimum Gasteiger partial charge on any atom is -0.481 e. The van der Waals surface area contributed by atoms with E-state index in [-0.39, 0.29) is 5.92 Å². The second kappa shape index (κ2) is 5.69. The number of hydrogen-bond acceptors (Lipinski definition) is 3. The first-order chi connectivity index (χ1) is 8.06. The second-order valence-electron chi connectivity index (χ2n) is 4.25. The summed E-state index contributed by atoms with van der Waals surface area (Å²) >= 11 is 10.9. The third kappa shape index (κ3) is 3.44. The van der Waals surface area contributed by atoms with Gasteiger partial charge < -0.3 is 5.11 Å². The maximum Gasteiger partial charge on any atom is 0.307 e. The molecular formula is C11H13BrClNO2S. The van der Waals surface area contributed by atoms with Crippen LogP contribution in [-0.4, -0.2) is 29.1 Å². The van der Waals surface area contributed by atoms with E-state index in [1.54, 1.807) is 11.3 Å². The van der Waals surface area contributed by atoms with Crippen LogP contribution in [0.2, 0.25) is 4.34 Å². The van der Waals surface area contributed by atoms with Gasteiger partial charge in [0.05, 0.1) is 5.92 Å². The van der Waals surface area contributed by atoms with Crippen LogP contribution in [0, 0.1) is 5.92 Å². The van der Waals surface area contributed by atoms with E-state index < -0.39 is 5.97 Å². The molecule has 0 radical (unpaired) electrons. The van der Waals surface area contributed by atoms with Gasteiger partial charge in [-0.15, -0.1) is 11.3 Å². The average molecular weight is 339 g/mol. The molecule has 2 rings (SSSR count). The number of carboxylic acids is 1. The van der Waals surface area contributed by atoms with Crippen molar-refractivity contribution in [2.24, 2.45) is 5.92 Å². The lowest BCUT2D eigenvalue weighted by molar-refractivity contribution is -0.143. The molecule has 1 unspecified atom stereocenters. The van der Waals surface area contributed by atoms with Crippen molar-refractivity contribution in [1.82, 2.24) is 4.90 Å². The molecule has 0 amide bonds. The van der Waals surface area contributed by atoms with Gasteiger partial charge in [-0.05, 0) is 41.4 Å². The SMILES string of the molecule is O=C(O)C1CCCN(Cc2cc(Br)c(Cl)s2)C1. The van der Waals surface area contributed by atoms with Crippen molar-refractivity contribution < 1.29 is 9.90 Å². The predicted octanol–water partition coefficient (Wildman–Crippen LogP) is 3.46. The highest BCUT2D eigenvalue weighted by Crippen LogP contribution is 2.33. The molecule has 1 aliphatic heterocycles. The van der Waals surface area contributed by atoms with Crippen molar-refractivity contribution in [3.05, 3.63) is 19.8 Å². The van der Waals surface area contributed by atoms with Gasteiger partial charge in [0.15, 0.2) is 0 Å². The Labute approximate surface area is 118 Å². The van der Waals surface area contributed by atoms with Gasteiger partial charge in [-0.1, -0.05) is 11.6 Å². The Morgan fingerprint density at radius 1 is 1.71 bits per heavy atom. The predicted molar refractivity (Wildman–Crippen MR) is 72.7 cm³/mol. The number of carboxylic acid groups (broad SMARTS) is 1. The average Bonchev–Trinajstić information content (AvgIpc) is 2.58. The van der Waals surface area contributed by atoms with Gasteiger partial charge in [0, 0.05) is 22.4 Å². The van der Waals surface area contributed by atoms with Crippen LogP contribution in [0.25, 0.3) is 0 Å². The van der Waals surface area contributed by atoms with Crippen LogP contribution in [0.5, 0.6) is 0 Å². The highest BCUT2D eigenvalue weighted by molar-refractivity contribution is 9.10. The first kappa shape index (κ1) is 13.3. The van der Waals surface area contributed by atoms with E-state index in [2.05, 4.69) is 20.8 Å². The van der Waals surface area contributed by atoms with E-state index in [0.717, 1.165) is 34.7 Å². The van der Waals surface area contributed by atoms with E-state index in [9.17, 15) is 4.79 Å². The summed E-state index contributed by atoms with van der Waals surface area (Å²) in [5.74, 6) is -0.900. The molecule has 94 valence electrons. The zero-order valence-electron chi connectivity index (χ0n) is 9.16. The molecule has 0 bridgehead atoms. The third-order valence-corrected chi connectivity index (χ3v) is 5.39. The van der Waals surface area contributed by atoms with E-state index in [0.29, 0.717) is 6.54 Å². The maximum absolute atomic E-state index is 11.0. The lowest BCUT2D eigenvalue weighted by Crippen LogP contribution is -2.37. The standard InChI is InChI=1S/C11H13BrClNO2S/c12-9-4-8(17-10(9)13)6-14-3-1-2-7(5-14)11(15)16/h4,7H,1-3,5-6H2,(H,15,16). The largest absolute Gasteiger partial charge is 0.481 e. The Bertz CT molecular complexity index is 404. The van der Waals surface area contributed by atoms with Crippen molar-refractivity contribution in [1.29, 1.82) is 0 Å². The number of nitrogens with zero attached hydrogens (tertiary/aromatic N) is 1. The molecule has 0 aromatic carbocycles. The smallest absolute Gasteiger partial charge is 0.307 e. The van der Waals surface area contributed by atoms with Crippen molar-refractivity contribution >= 4 is 44.8 Å². The van der Waals surface area contributed by atoms with Gasteiger partial charge in [0.2, 0.25) is 0 Å². The Morgan fingerprint density at radius 2 is 2.47 bits per heavy atom. The molecule has 0 aliphatic carbocycles. The lowest BCUT2D eigenvalue weighted by atomic mass is 9.98. The summed E-state index contributed by atoms with van der Waals surface area (Å²) in [5, 5.41) is 9.02. The van der Waals surface area contributed by atoms with Crippen molar-refractivity contribution in [3.63, 3.8) is 0 Å².